The second kappa shape index (κ2) is 6.23. The lowest BCUT2D eigenvalue weighted by Gasteiger charge is -2.10. The van der Waals surface area contributed by atoms with E-state index in [4.69, 9.17) is 9.15 Å². The average molecular weight is 351 g/mol. The summed E-state index contributed by atoms with van der Waals surface area (Å²) >= 11 is 0. The number of nitrogens with zero attached hydrogens (tertiary/aromatic N) is 3. The zero-order valence-corrected chi connectivity index (χ0v) is 12.2. The van der Waals surface area contributed by atoms with Gasteiger partial charge >= 0.3 is 6.18 Å². The molecule has 0 aliphatic heterocycles. The van der Waals surface area contributed by atoms with E-state index < -0.39 is 16.7 Å². The van der Waals surface area contributed by atoms with Crippen molar-refractivity contribution >= 4 is 5.69 Å². The van der Waals surface area contributed by atoms with Crippen LogP contribution >= 0.6 is 0 Å². The first-order chi connectivity index (χ1) is 11.8. The molecule has 0 bridgehead atoms. The molecule has 0 fully saturated rings. The molecule has 0 spiro atoms. The molecular formula is C15H8F3N3O4. The molecule has 128 valence electrons. The molecule has 10 heteroatoms. The van der Waals surface area contributed by atoms with E-state index in [2.05, 4.69) is 10.2 Å². The van der Waals surface area contributed by atoms with Gasteiger partial charge < -0.3 is 9.15 Å². The van der Waals surface area contributed by atoms with Gasteiger partial charge in [0.25, 0.3) is 11.6 Å². The third-order valence-electron chi connectivity index (χ3n) is 3.15. The van der Waals surface area contributed by atoms with E-state index in [1.807, 2.05) is 0 Å². The fourth-order valence-corrected chi connectivity index (χ4v) is 2.07. The normalized spacial score (nSPS) is 11.3. The third kappa shape index (κ3) is 3.57. The first-order valence-corrected chi connectivity index (χ1v) is 6.74. The van der Waals surface area contributed by atoms with E-state index in [1.54, 1.807) is 0 Å². The maximum Gasteiger partial charge on any atom is 0.416 e. The summed E-state index contributed by atoms with van der Waals surface area (Å²) in [4.78, 5) is 10.5. The number of benzene rings is 2. The van der Waals surface area contributed by atoms with Crippen LogP contribution in [0.2, 0.25) is 0 Å². The van der Waals surface area contributed by atoms with Crippen molar-refractivity contribution in [2.45, 2.75) is 6.18 Å². The number of aromatic nitrogens is 2. The Hall–Kier alpha value is -3.43. The highest BCUT2D eigenvalue weighted by Crippen LogP contribution is 2.35. The summed E-state index contributed by atoms with van der Waals surface area (Å²) in [7, 11) is 0. The van der Waals surface area contributed by atoms with Crippen LogP contribution < -0.4 is 4.74 Å². The van der Waals surface area contributed by atoms with Crippen molar-refractivity contribution in [3.05, 3.63) is 64.5 Å². The summed E-state index contributed by atoms with van der Waals surface area (Å²) in [6, 6.07) is 7.93. The number of hydrogen-bond donors (Lipinski definition) is 0. The predicted octanol–water partition coefficient (Wildman–Crippen LogP) is 4.46. The van der Waals surface area contributed by atoms with Crippen LogP contribution in [0.15, 0.2) is 53.3 Å². The Labute approximate surface area is 137 Å². The molecule has 1 aromatic heterocycles. The van der Waals surface area contributed by atoms with E-state index in [0.29, 0.717) is 0 Å². The Balaban J connectivity index is 1.94. The molecule has 0 atom stereocenters. The van der Waals surface area contributed by atoms with Crippen LogP contribution in [0, 0.1) is 10.1 Å². The van der Waals surface area contributed by atoms with Crippen molar-refractivity contribution in [3.63, 3.8) is 0 Å². The molecule has 0 aliphatic carbocycles. The molecule has 2 aromatic carbocycles. The van der Waals surface area contributed by atoms with Gasteiger partial charge in [-0.1, -0.05) is 6.07 Å². The van der Waals surface area contributed by atoms with Gasteiger partial charge in [-0.25, -0.2) is 0 Å². The summed E-state index contributed by atoms with van der Waals surface area (Å²) in [5.41, 5.74) is -1.20. The average Bonchev–Trinajstić information content (AvgIpc) is 3.08. The Morgan fingerprint density at radius 3 is 2.52 bits per heavy atom. The van der Waals surface area contributed by atoms with Gasteiger partial charge in [-0.15, -0.1) is 10.2 Å². The maximum atomic E-state index is 12.7. The van der Waals surface area contributed by atoms with Crippen molar-refractivity contribution < 1.29 is 27.2 Å². The lowest BCUT2D eigenvalue weighted by Crippen LogP contribution is -2.04. The molecule has 0 saturated heterocycles. The van der Waals surface area contributed by atoms with E-state index in [9.17, 15) is 23.3 Å². The molecule has 0 unspecified atom stereocenters. The van der Waals surface area contributed by atoms with Crippen molar-refractivity contribution in [1.29, 1.82) is 0 Å². The van der Waals surface area contributed by atoms with Crippen LogP contribution in [0.5, 0.6) is 11.5 Å². The number of ether oxygens (including phenoxy) is 1. The Bertz CT molecular complexity index is 911. The standard InChI is InChI=1S/C15H8F3N3O4/c16-15(17,18)9-2-1-3-10(6-9)25-11-4-5-12(13(7-11)21(22)23)14-20-19-8-24-14/h1-8H. The van der Waals surface area contributed by atoms with Gasteiger partial charge in [0.1, 0.15) is 17.1 Å². The number of rotatable bonds is 4. The number of nitro groups is 1. The molecular weight excluding hydrogens is 343 g/mol. The SMILES string of the molecule is O=[N+]([O-])c1cc(Oc2cccc(C(F)(F)F)c2)ccc1-c1nnco1. The summed E-state index contributed by atoms with van der Waals surface area (Å²) in [5.74, 6) is -0.165. The molecule has 0 N–H and O–H groups in total. The van der Waals surface area contributed by atoms with Crippen LogP contribution in [-0.2, 0) is 6.18 Å². The number of hydrogen-bond acceptors (Lipinski definition) is 6. The van der Waals surface area contributed by atoms with E-state index >= 15 is 0 Å². The fourth-order valence-electron chi connectivity index (χ4n) is 2.07. The van der Waals surface area contributed by atoms with Crippen molar-refractivity contribution in [3.8, 4) is 23.0 Å². The summed E-state index contributed by atoms with van der Waals surface area (Å²) in [5, 5.41) is 18.3. The molecule has 0 radical (unpaired) electrons. The van der Waals surface area contributed by atoms with Gasteiger partial charge in [0.2, 0.25) is 6.39 Å². The van der Waals surface area contributed by atoms with Crippen LogP contribution in [0.4, 0.5) is 18.9 Å². The Morgan fingerprint density at radius 1 is 1.12 bits per heavy atom. The number of nitro benzene ring substituents is 1. The van der Waals surface area contributed by atoms with Gasteiger partial charge in [-0.2, -0.15) is 13.2 Å². The number of alkyl halides is 3. The number of halogens is 3. The van der Waals surface area contributed by atoms with Crippen molar-refractivity contribution in [2.24, 2.45) is 0 Å². The summed E-state index contributed by atoms with van der Waals surface area (Å²) in [6.07, 6.45) is -3.50. The maximum absolute atomic E-state index is 12.7. The van der Waals surface area contributed by atoms with Gasteiger partial charge in [0.15, 0.2) is 0 Å². The quantitative estimate of drug-likeness (QED) is 0.509. The second-order valence-electron chi connectivity index (χ2n) is 4.81. The molecule has 0 aliphatic rings. The highest BCUT2D eigenvalue weighted by molar-refractivity contribution is 5.68. The van der Waals surface area contributed by atoms with Crippen molar-refractivity contribution in [2.75, 3.05) is 0 Å². The topological polar surface area (TPSA) is 91.3 Å². The molecule has 7 nitrogen and oxygen atoms in total. The van der Waals surface area contributed by atoms with E-state index in [-0.39, 0.29) is 28.6 Å². The minimum absolute atomic E-state index is 0.00529. The van der Waals surface area contributed by atoms with Crippen LogP contribution in [0.1, 0.15) is 5.56 Å². The highest BCUT2D eigenvalue weighted by atomic mass is 19.4. The lowest BCUT2D eigenvalue weighted by atomic mass is 10.1. The minimum atomic E-state index is -4.52. The van der Waals surface area contributed by atoms with Gasteiger partial charge in [-0.05, 0) is 30.3 Å². The van der Waals surface area contributed by atoms with Crippen LogP contribution in [0.25, 0.3) is 11.5 Å². The predicted molar refractivity (Wildman–Crippen MR) is 77.9 cm³/mol. The smallest absolute Gasteiger partial charge is 0.416 e. The lowest BCUT2D eigenvalue weighted by molar-refractivity contribution is -0.384. The van der Waals surface area contributed by atoms with Gasteiger partial charge in [-0.3, -0.25) is 10.1 Å². The molecule has 1 heterocycles. The highest BCUT2D eigenvalue weighted by Gasteiger charge is 2.30. The minimum Gasteiger partial charge on any atom is -0.457 e. The Morgan fingerprint density at radius 2 is 1.88 bits per heavy atom. The molecule has 25 heavy (non-hydrogen) atoms. The van der Waals surface area contributed by atoms with E-state index in [1.165, 1.54) is 24.3 Å². The van der Waals surface area contributed by atoms with Gasteiger partial charge in [0.05, 0.1) is 16.6 Å². The second-order valence-corrected chi connectivity index (χ2v) is 4.81. The summed E-state index contributed by atoms with van der Waals surface area (Å²) in [6.45, 7) is 0. The fraction of sp³-hybridized carbons (Fsp3) is 0.0667. The summed E-state index contributed by atoms with van der Waals surface area (Å²) < 4.78 is 48.4. The molecule has 3 rings (SSSR count). The van der Waals surface area contributed by atoms with E-state index in [0.717, 1.165) is 24.6 Å². The Kier molecular flexibility index (Phi) is 4.09. The van der Waals surface area contributed by atoms with Crippen molar-refractivity contribution in [1.82, 2.24) is 10.2 Å². The monoisotopic (exact) mass is 351 g/mol. The molecule has 0 amide bonds. The zero-order chi connectivity index (χ0) is 18.0. The first-order valence-electron chi connectivity index (χ1n) is 6.74. The van der Waals surface area contributed by atoms with Gasteiger partial charge in [0, 0.05) is 0 Å². The van der Waals surface area contributed by atoms with Crippen LogP contribution in [-0.4, -0.2) is 15.1 Å². The molecule has 0 saturated carbocycles. The largest absolute Gasteiger partial charge is 0.457 e. The first kappa shape index (κ1) is 16.4. The third-order valence-corrected chi connectivity index (χ3v) is 3.15. The van der Waals surface area contributed by atoms with Crippen LogP contribution in [0.3, 0.4) is 0 Å². The molecule has 3 aromatic rings. The zero-order valence-electron chi connectivity index (χ0n) is 12.2.